The Morgan fingerprint density at radius 3 is 2.53 bits per heavy atom. The van der Waals surface area contributed by atoms with Crippen molar-refractivity contribution in [1.29, 1.82) is 0 Å². The second-order valence-electron chi connectivity index (χ2n) is 5.37. The third-order valence-corrected chi connectivity index (χ3v) is 3.85. The summed E-state index contributed by atoms with van der Waals surface area (Å²) < 4.78 is 5.56. The summed E-state index contributed by atoms with van der Waals surface area (Å²) in [6, 6.07) is 0. The maximum Gasteiger partial charge on any atom is 0.306 e. The van der Waals surface area contributed by atoms with Crippen LogP contribution in [-0.4, -0.2) is 12.1 Å². The van der Waals surface area contributed by atoms with Crippen LogP contribution in [0.15, 0.2) is 0 Å². The van der Waals surface area contributed by atoms with Crippen LogP contribution in [0.25, 0.3) is 0 Å². The molecule has 1 unspecified atom stereocenters. The van der Waals surface area contributed by atoms with Gasteiger partial charge in [0.1, 0.15) is 6.10 Å². The van der Waals surface area contributed by atoms with Crippen LogP contribution in [0.4, 0.5) is 0 Å². The van der Waals surface area contributed by atoms with E-state index in [0.29, 0.717) is 12.3 Å². The van der Waals surface area contributed by atoms with Gasteiger partial charge in [0.25, 0.3) is 0 Å². The van der Waals surface area contributed by atoms with E-state index in [4.69, 9.17) is 4.74 Å². The molecule has 1 rings (SSSR count). The van der Waals surface area contributed by atoms with E-state index < -0.39 is 0 Å². The molecule has 2 nitrogen and oxygen atoms in total. The Labute approximate surface area is 106 Å². The molecule has 100 valence electrons. The second-order valence-corrected chi connectivity index (χ2v) is 5.37. The average Bonchev–Trinajstić information content (AvgIpc) is 2.35. The van der Waals surface area contributed by atoms with Crippen LogP contribution >= 0.6 is 0 Å². The van der Waals surface area contributed by atoms with Crippen molar-refractivity contribution >= 4 is 5.97 Å². The molecule has 17 heavy (non-hydrogen) atoms. The summed E-state index contributed by atoms with van der Waals surface area (Å²) in [5.74, 6) is 0.575. The highest BCUT2D eigenvalue weighted by molar-refractivity contribution is 5.69. The van der Waals surface area contributed by atoms with Gasteiger partial charge in [-0.3, -0.25) is 4.79 Å². The maximum atomic E-state index is 11.8. The molecule has 1 saturated carbocycles. The molecule has 0 N–H and O–H groups in total. The standard InChI is InChI=1S/C15H28O2/c1-3-5-9-13(4-2)12-15(16)17-14-10-7-6-8-11-14/h13-14H,3-12H2,1-2H3. The van der Waals surface area contributed by atoms with Crippen LogP contribution in [0.1, 0.15) is 78.1 Å². The van der Waals surface area contributed by atoms with E-state index in [1.54, 1.807) is 0 Å². The summed E-state index contributed by atoms with van der Waals surface area (Å²) in [5, 5.41) is 0. The lowest BCUT2D eigenvalue weighted by molar-refractivity contribution is -0.151. The highest BCUT2D eigenvalue weighted by Gasteiger charge is 2.19. The van der Waals surface area contributed by atoms with Crippen LogP contribution in [-0.2, 0) is 9.53 Å². The lowest BCUT2D eigenvalue weighted by atomic mass is 9.95. The van der Waals surface area contributed by atoms with Crippen LogP contribution in [0.3, 0.4) is 0 Å². The van der Waals surface area contributed by atoms with Crippen molar-refractivity contribution in [3.8, 4) is 0 Å². The number of rotatable bonds is 7. The fourth-order valence-electron chi connectivity index (χ4n) is 2.60. The van der Waals surface area contributed by atoms with Crippen LogP contribution in [0.2, 0.25) is 0 Å². The van der Waals surface area contributed by atoms with Gasteiger partial charge in [-0.15, -0.1) is 0 Å². The Morgan fingerprint density at radius 1 is 1.24 bits per heavy atom. The van der Waals surface area contributed by atoms with Crippen molar-refractivity contribution in [1.82, 2.24) is 0 Å². The van der Waals surface area contributed by atoms with E-state index in [0.717, 1.165) is 19.3 Å². The third kappa shape index (κ3) is 6.09. The van der Waals surface area contributed by atoms with Gasteiger partial charge in [-0.2, -0.15) is 0 Å². The van der Waals surface area contributed by atoms with Gasteiger partial charge >= 0.3 is 5.97 Å². The zero-order valence-electron chi connectivity index (χ0n) is 11.5. The Balaban J connectivity index is 2.21. The van der Waals surface area contributed by atoms with Gasteiger partial charge in [-0.25, -0.2) is 0 Å². The van der Waals surface area contributed by atoms with Gasteiger partial charge < -0.3 is 4.74 Å². The monoisotopic (exact) mass is 240 g/mol. The van der Waals surface area contributed by atoms with Crippen LogP contribution < -0.4 is 0 Å². The summed E-state index contributed by atoms with van der Waals surface area (Å²) >= 11 is 0. The van der Waals surface area contributed by atoms with E-state index in [-0.39, 0.29) is 12.1 Å². The van der Waals surface area contributed by atoms with Gasteiger partial charge in [-0.1, -0.05) is 39.5 Å². The molecule has 0 saturated heterocycles. The molecule has 1 aliphatic carbocycles. The van der Waals surface area contributed by atoms with Gasteiger partial charge in [-0.05, 0) is 38.0 Å². The Morgan fingerprint density at radius 2 is 1.94 bits per heavy atom. The lowest BCUT2D eigenvalue weighted by Gasteiger charge is -2.23. The smallest absolute Gasteiger partial charge is 0.306 e. The molecule has 1 aliphatic rings. The molecule has 0 aromatic heterocycles. The van der Waals surface area contributed by atoms with Gasteiger partial charge in [0.15, 0.2) is 0 Å². The number of carbonyl (C=O) groups excluding carboxylic acids is 1. The Kier molecular flexibility index (Phi) is 7.30. The summed E-state index contributed by atoms with van der Waals surface area (Å²) in [5.41, 5.74) is 0. The molecule has 0 spiro atoms. The number of carbonyl (C=O) groups is 1. The molecule has 0 amide bonds. The molecular formula is C15H28O2. The highest BCUT2D eigenvalue weighted by atomic mass is 16.5. The molecule has 0 aromatic rings. The van der Waals surface area contributed by atoms with Crippen molar-refractivity contribution in [3.63, 3.8) is 0 Å². The van der Waals surface area contributed by atoms with Crippen molar-refractivity contribution < 1.29 is 9.53 Å². The minimum atomic E-state index is 0.0415. The zero-order chi connectivity index (χ0) is 12.5. The first-order chi connectivity index (χ1) is 8.26. The number of hydrogen-bond donors (Lipinski definition) is 0. The summed E-state index contributed by atoms with van der Waals surface area (Å²) in [6.45, 7) is 4.38. The number of unbranched alkanes of at least 4 members (excludes halogenated alkanes) is 1. The molecule has 0 radical (unpaired) electrons. The van der Waals surface area contributed by atoms with Gasteiger partial charge in [0.2, 0.25) is 0 Å². The molecule has 0 bridgehead atoms. The molecular weight excluding hydrogens is 212 g/mol. The first kappa shape index (κ1) is 14.5. The molecule has 1 fully saturated rings. The van der Waals surface area contributed by atoms with E-state index in [1.807, 2.05) is 0 Å². The van der Waals surface area contributed by atoms with E-state index in [1.165, 1.54) is 38.5 Å². The van der Waals surface area contributed by atoms with Crippen molar-refractivity contribution in [3.05, 3.63) is 0 Å². The largest absolute Gasteiger partial charge is 0.462 e. The predicted octanol–water partition coefficient (Wildman–Crippen LogP) is 4.47. The van der Waals surface area contributed by atoms with Crippen molar-refractivity contribution in [2.45, 2.75) is 84.2 Å². The zero-order valence-corrected chi connectivity index (χ0v) is 11.5. The molecule has 0 heterocycles. The van der Waals surface area contributed by atoms with Crippen LogP contribution in [0, 0.1) is 5.92 Å². The molecule has 0 aliphatic heterocycles. The van der Waals surface area contributed by atoms with E-state index >= 15 is 0 Å². The predicted molar refractivity (Wildman–Crippen MR) is 70.9 cm³/mol. The van der Waals surface area contributed by atoms with Gasteiger partial charge in [0.05, 0.1) is 0 Å². The van der Waals surface area contributed by atoms with Crippen molar-refractivity contribution in [2.24, 2.45) is 5.92 Å². The van der Waals surface area contributed by atoms with Gasteiger partial charge in [0, 0.05) is 6.42 Å². The average molecular weight is 240 g/mol. The Hall–Kier alpha value is -0.530. The normalized spacial score (nSPS) is 18.9. The first-order valence-electron chi connectivity index (χ1n) is 7.45. The lowest BCUT2D eigenvalue weighted by Crippen LogP contribution is -2.22. The fourth-order valence-corrected chi connectivity index (χ4v) is 2.60. The van der Waals surface area contributed by atoms with Crippen LogP contribution in [0.5, 0.6) is 0 Å². The first-order valence-corrected chi connectivity index (χ1v) is 7.45. The topological polar surface area (TPSA) is 26.3 Å². The second kappa shape index (κ2) is 8.54. The summed E-state index contributed by atoms with van der Waals surface area (Å²) in [6.07, 6.45) is 11.5. The minimum absolute atomic E-state index is 0.0415. The summed E-state index contributed by atoms with van der Waals surface area (Å²) in [4.78, 5) is 11.8. The SMILES string of the molecule is CCCCC(CC)CC(=O)OC1CCCCC1. The molecule has 2 heteroatoms. The molecule has 0 aromatic carbocycles. The third-order valence-electron chi connectivity index (χ3n) is 3.85. The van der Waals surface area contributed by atoms with Crippen molar-refractivity contribution in [2.75, 3.05) is 0 Å². The highest BCUT2D eigenvalue weighted by Crippen LogP contribution is 2.22. The number of esters is 1. The van der Waals surface area contributed by atoms with E-state index in [9.17, 15) is 4.79 Å². The molecule has 1 atom stereocenters. The van der Waals surface area contributed by atoms with E-state index in [2.05, 4.69) is 13.8 Å². The minimum Gasteiger partial charge on any atom is -0.462 e. The Bertz CT molecular complexity index is 207. The fraction of sp³-hybridized carbons (Fsp3) is 0.933. The summed E-state index contributed by atoms with van der Waals surface area (Å²) in [7, 11) is 0. The maximum absolute atomic E-state index is 11.8. The quantitative estimate of drug-likeness (QED) is 0.614. The number of hydrogen-bond acceptors (Lipinski definition) is 2. The number of ether oxygens (including phenoxy) is 1.